The first-order chi connectivity index (χ1) is 12.7. The molecule has 0 N–H and O–H groups in total. The van der Waals surface area contributed by atoms with Crippen LogP contribution in [0.2, 0.25) is 20.1 Å². The van der Waals surface area contributed by atoms with Gasteiger partial charge in [-0.15, -0.1) is 0 Å². The lowest BCUT2D eigenvalue weighted by Crippen LogP contribution is -2.04. The van der Waals surface area contributed by atoms with Crippen LogP contribution >= 0.6 is 46.4 Å². The van der Waals surface area contributed by atoms with Gasteiger partial charge in [-0.2, -0.15) is 0 Å². The standard InChI is InChI=1S/C18H14Cl4O4S/c1-3-5-25-17-13(19)7-11(8-14(17)20)27(23,24)12-9-15(21)18(16(22)10-12)26-6-4-2/h3-4,7-10H,1-2,5-6H2. The maximum Gasteiger partial charge on any atom is 0.206 e. The zero-order valence-corrected chi connectivity index (χ0v) is 17.7. The fourth-order valence-electron chi connectivity index (χ4n) is 2.08. The summed E-state index contributed by atoms with van der Waals surface area (Å²) in [4.78, 5) is -0.259. The van der Waals surface area contributed by atoms with E-state index in [9.17, 15) is 8.42 Å². The van der Waals surface area contributed by atoms with Gasteiger partial charge in [0.25, 0.3) is 0 Å². The Kier molecular flexibility index (Phi) is 7.48. The second-order valence-electron chi connectivity index (χ2n) is 5.13. The van der Waals surface area contributed by atoms with Crippen molar-refractivity contribution in [1.29, 1.82) is 0 Å². The number of ether oxygens (including phenoxy) is 2. The Labute approximate surface area is 177 Å². The Hall–Kier alpha value is -1.37. The van der Waals surface area contributed by atoms with E-state index >= 15 is 0 Å². The van der Waals surface area contributed by atoms with Crippen LogP contribution in [-0.2, 0) is 9.84 Å². The van der Waals surface area contributed by atoms with Gasteiger partial charge in [-0.1, -0.05) is 71.7 Å². The minimum atomic E-state index is -3.99. The first-order valence-electron chi connectivity index (χ1n) is 7.43. The molecule has 0 aliphatic heterocycles. The molecule has 0 amide bonds. The van der Waals surface area contributed by atoms with Crippen LogP contribution in [0.5, 0.6) is 11.5 Å². The number of hydrogen-bond donors (Lipinski definition) is 0. The number of benzene rings is 2. The molecular formula is C18H14Cl4O4S. The average molecular weight is 468 g/mol. The third-order valence-electron chi connectivity index (χ3n) is 3.26. The van der Waals surface area contributed by atoms with Crippen molar-refractivity contribution < 1.29 is 17.9 Å². The Morgan fingerprint density at radius 2 is 1.04 bits per heavy atom. The van der Waals surface area contributed by atoms with Gasteiger partial charge in [0.1, 0.15) is 13.2 Å². The zero-order valence-electron chi connectivity index (χ0n) is 13.8. The second kappa shape index (κ2) is 9.22. The monoisotopic (exact) mass is 466 g/mol. The van der Waals surface area contributed by atoms with Crippen LogP contribution in [0.15, 0.2) is 59.4 Å². The number of hydrogen-bond acceptors (Lipinski definition) is 4. The smallest absolute Gasteiger partial charge is 0.206 e. The molecule has 0 unspecified atom stereocenters. The first-order valence-corrected chi connectivity index (χ1v) is 10.4. The summed E-state index contributed by atoms with van der Waals surface area (Å²) in [5.74, 6) is 0.336. The molecule has 2 rings (SSSR count). The molecule has 0 aliphatic carbocycles. The summed E-state index contributed by atoms with van der Waals surface area (Å²) in [6, 6.07) is 4.96. The lowest BCUT2D eigenvalue weighted by atomic mass is 10.3. The van der Waals surface area contributed by atoms with Crippen LogP contribution in [0.25, 0.3) is 0 Å². The number of rotatable bonds is 8. The van der Waals surface area contributed by atoms with Gasteiger partial charge >= 0.3 is 0 Å². The average Bonchev–Trinajstić information content (AvgIpc) is 2.60. The molecule has 0 heterocycles. The third-order valence-corrected chi connectivity index (χ3v) is 6.09. The lowest BCUT2D eigenvalue weighted by Gasteiger charge is -2.13. The van der Waals surface area contributed by atoms with Gasteiger partial charge in [-0.05, 0) is 24.3 Å². The molecule has 0 bridgehead atoms. The van der Waals surface area contributed by atoms with Crippen molar-refractivity contribution in [3.63, 3.8) is 0 Å². The first kappa shape index (κ1) is 21.9. The summed E-state index contributed by atoms with van der Waals surface area (Å²) >= 11 is 24.5. The highest BCUT2D eigenvalue weighted by atomic mass is 35.5. The van der Waals surface area contributed by atoms with E-state index in [2.05, 4.69) is 13.2 Å². The molecule has 0 aromatic heterocycles. The molecule has 0 aliphatic rings. The Morgan fingerprint density at radius 1 is 0.741 bits per heavy atom. The maximum atomic E-state index is 12.9. The van der Waals surface area contributed by atoms with Crippen molar-refractivity contribution in [3.8, 4) is 11.5 Å². The number of sulfone groups is 1. The van der Waals surface area contributed by atoms with Crippen LogP contribution in [0.3, 0.4) is 0 Å². The van der Waals surface area contributed by atoms with E-state index in [0.717, 1.165) is 0 Å². The van der Waals surface area contributed by atoms with Crippen LogP contribution in [-0.4, -0.2) is 21.6 Å². The van der Waals surface area contributed by atoms with Crippen molar-refractivity contribution in [2.45, 2.75) is 9.79 Å². The fourth-order valence-corrected chi connectivity index (χ4v) is 4.90. The molecule has 2 aromatic carbocycles. The van der Waals surface area contributed by atoms with Gasteiger partial charge < -0.3 is 9.47 Å². The molecule has 0 spiro atoms. The van der Waals surface area contributed by atoms with Crippen LogP contribution in [0.1, 0.15) is 0 Å². The molecule has 2 aromatic rings. The fraction of sp³-hybridized carbons (Fsp3) is 0.111. The van der Waals surface area contributed by atoms with Crippen LogP contribution in [0, 0.1) is 0 Å². The highest BCUT2D eigenvalue weighted by Crippen LogP contribution is 2.40. The summed E-state index contributed by atoms with van der Waals surface area (Å²) in [6.07, 6.45) is 3.02. The van der Waals surface area contributed by atoms with E-state index < -0.39 is 9.84 Å². The summed E-state index contributed by atoms with van der Waals surface area (Å²) < 4.78 is 36.6. The Bertz CT molecular complexity index is 867. The lowest BCUT2D eigenvalue weighted by molar-refractivity contribution is 0.363. The van der Waals surface area contributed by atoms with Crippen molar-refractivity contribution >= 4 is 56.2 Å². The summed E-state index contributed by atoms with van der Waals surface area (Å²) in [5, 5.41) is 0.189. The minimum absolute atomic E-state index is 0.0473. The van der Waals surface area contributed by atoms with Crippen LogP contribution in [0.4, 0.5) is 0 Å². The van der Waals surface area contributed by atoms with Gasteiger partial charge in [0.15, 0.2) is 11.5 Å². The van der Waals surface area contributed by atoms with Crippen molar-refractivity contribution in [2.75, 3.05) is 13.2 Å². The second-order valence-corrected chi connectivity index (χ2v) is 8.71. The largest absolute Gasteiger partial charge is 0.486 e. The molecule has 144 valence electrons. The molecule has 0 saturated carbocycles. The summed E-state index contributed by atoms with van der Waals surface area (Å²) in [6.45, 7) is 7.39. The van der Waals surface area contributed by atoms with E-state index in [1.165, 1.54) is 36.4 Å². The van der Waals surface area contributed by atoms with Gasteiger partial charge in [-0.25, -0.2) is 8.42 Å². The molecule has 0 atom stereocenters. The Morgan fingerprint density at radius 3 is 1.30 bits per heavy atom. The molecule has 0 saturated heterocycles. The normalized spacial score (nSPS) is 11.1. The van der Waals surface area contributed by atoms with E-state index in [1.54, 1.807) is 0 Å². The van der Waals surface area contributed by atoms with Crippen molar-refractivity contribution in [1.82, 2.24) is 0 Å². The van der Waals surface area contributed by atoms with Gasteiger partial charge in [0, 0.05) is 0 Å². The van der Waals surface area contributed by atoms with E-state index in [1.807, 2.05) is 0 Å². The highest BCUT2D eigenvalue weighted by Gasteiger charge is 2.24. The van der Waals surface area contributed by atoms with Gasteiger partial charge in [-0.3, -0.25) is 0 Å². The molecule has 0 fully saturated rings. The van der Waals surface area contributed by atoms with Crippen molar-refractivity contribution in [3.05, 3.63) is 69.7 Å². The predicted molar refractivity (Wildman–Crippen MR) is 110 cm³/mol. The molecule has 4 nitrogen and oxygen atoms in total. The summed E-state index contributed by atoms with van der Waals surface area (Å²) in [5.41, 5.74) is 0. The maximum absolute atomic E-state index is 12.9. The SMILES string of the molecule is C=CCOc1c(Cl)cc(S(=O)(=O)c2cc(Cl)c(OCC=C)c(Cl)c2)cc1Cl. The summed E-state index contributed by atoms with van der Waals surface area (Å²) in [7, 11) is -3.99. The predicted octanol–water partition coefficient (Wildman–Crippen LogP) is 6.26. The van der Waals surface area contributed by atoms with Gasteiger partial charge in [0.05, 0.1) is 29.9 Å². The third kappa shape index (κ3) is 4.92. The van der Waals surface area contributed by atoms with Crippen molar-refractivity contribution in [2.24, 2.45) is 0 Å². The number of halogens is 4. The minimum Gasteiger partial charge on any atom is -0.486 e. The molecule has 27 heavy (non-hydrogen) atoms. The topological polar surface area (TPSA) is 52.6 Å². The zero-order chi connectivity index (χ0) is 20.2. The van der Waals surface area contributed by atoms with Crippen LogP contribution < -0.4 is 9.47 Å². The molecule has 0 radical (unpaired) electrons. The highest BCUT2D eigenvalue weighted by molar-refractivity contribution is 7.91. The van der Waals surface area contributed by atoms with Gasteiger partial charge in [0.2, 0.25) is 9.84 Å². The van der Waals surface area contributed by atoms with E-state index in [4.69, 9.17) is 55.9 Å². The van der Waals surface area contributed by atoms with E-state index in [-0.39, 0.29) is 54.6 Å². The quantitative estimate of drug-likeness (QED) is 0.429. The Balaban J connectivity index is 2.50. The molecule has 9 heteroatoms. The van der Waals surface area contributed by atoms with E-state index in [0.29, 0.717) is 0 Å². The molecular weight excluding hydrogens is 454 g/mol.